The maximum Gasteiger partial charge on any atom is 0.234 e. The molecule has 3 heterocycles. The van der Waals surface area contributed by atoms with Crippen molar-refractivity contribution in [2.45, 2.75) is 32.7 Å². The second-order valence-corrected chi connectivity index (χ2v) is 7.22. The molecule has 7 heteroatoms. The monoisotopic (exact) mass is 354 g/mol. The van der Waals surface area contributed by atoms with E-state index in [0.29, 0.717) is 12.6 Å². The van der Waals surface area contributed by atoms with Crippen LogP contribution >= 0.6 is 0 Å². The average molecular weight is 354 g/mol. The van der Waals surface area contributed by atoms with Crippen LogP contribution in [0.15, 0.2) is 24.4 Å². The van der Waals surface area contributed by atoms with Gasteiger partial charge in [-0.1, -0.05) is 6.07 Å². The normalized spacial score (nSPS) is 18.2. The molecule has 26 heavy (non-hydrogen) atoms. The molecular formula is C19H26N6O. The predicted octanol–water partition coefficient (Wildman–Crippen LogP) is 1.28. The number of carbonyl (C=O) groups is 1. The van der Waals surface area contributed by atoms with Crippen molar-refractivity contribution in [3.8, 4) is 5.82 Å². The summed E-state index contributed by atoms with van der Waals surface area (Å²) in [5.74, 6) is 1.01. The molecule has 1 saturated heterocycles. The summed E-state index contributed by atoms with van der Waals surface area (Å²) < 4.78 is 1.92. The van der Waals surface area contributed by atoms with Crippen molar-refractivity contribution in [1.29, 1.82) is 0 Å². The fourth-order valence-corrected chi connectivity index (χ4v) is 3.63. The molecule has 138 valence electrons. The summed E-state index contributed by atoms with van der Waals surface area (Å²) in [5.41, 5.74) is 3.33. The summed E-state index contributed by atoms with van der Waals surface area (Å²) in [6.07, 6.45) is 4.06. The quantitative estimate of drug-likeness (QED) is 0.876. The Morgan fingerprint density at radius 1 is 1.19 bits per heavy atom. The van der Waals surface area contributed by atoms with Crippen molar-refractivity contribution in [2.24, 2.45) is 0 Å². The van der Waals surface area contributed by atoms with Crippen LogP contribution in [0.1, 0.15) is 24.2 Å². The van der Waals surface area contributed by atoms with Crippen molar-refractivity contribution >= 4 is 11.6 Å². The molecule has 4 rings (SSSR count). The Kier molecular flexibility index (Phi) is 4.63. The summed E-state index contributed by atoms with van der Waals surface area (Å²) in [6.45, 7) is 8.27. The van der Waals surface area contributed by atoms with E-state index in [-0.39, 0.29) is 5.91 Å². The summed E-state index contributed by atoms with van der Waals surface area (Å²) in [4.78, 5) is 21.0. The van der Waals surface area contributed by atoms with Crippen molar-refractivity contribution in [3.05, 3.63) is 35.8 Å². The van der Waals surface area contributed by atoms with Crippen molar-refractivity contribution < 1.29 is 4.79 Å². The molecular weight excluding hydrogens is 328 g/mol. The fraction of sp³-hybridized carbons (Fsp3) is 0.526. The number of anilines is 1. The Labute approximate surface area is 154 Å². The largest absolute Gasteiger partial charge is 0.366 e. The van der Waals surface area contributed by atoms with Gasteiger partial charge >= 0.3 is 0 Å². The van der Waals surface area contributed by atoms with Crippen LogP contribution in [0.3, 0.4) is 0 Å². The minimum absolute atomic E-state index is 0.163. The van der Waals surface area contributed by atoms with Gasteiger partial charge in [0, 0.05) is 38.4 Å². The van der Waals surface area contributed by atoms with Gasteiger partial charge in [-0.15, -0.1) is 0 Å². The Morgan fingerprint density at radius 2 is 1.96 bits per heavy atom. The first-order chi connectivity index (χ1) is 12.6. The minimum atomic E-state index is 0.163. The molecule has 0 bridgehead atoms. The third-order valence-electron chi connectivity index (χ3n) is 5.12. The number of rotatable bonds is 5. The van der Waals surface area contributed by atoms with E-state index >= 15 is 0 Å². The summed E-state index contributed by atoms with van der Waals surface area (Å²) in [6, 6.07) is 6.30. The second kappa shape index (κ2) is 7.07. The number of hydrogen-bond donors (Lipinski definition) is 1. The maximum atomic E-state index is 12.0. The second-order valence-electron chi connectivity index (χ2n) is 7.22. The van der Waals surface area contributed by atoms with Gasteiger partial charge in [0.25, 0.3) is 0 Å². The topological polar surface area (TPSA) is 66.3 Å². The molecule has 2 aromatic heterocycles. The third kappa shape index (κ3) is 3.58. The lowest BCUT2D eigenvalue weighted by molar-refractivity contribution is -0.122. The summed E-state index contributed by atoms with van der Waals surface area (Å²) in [5, 5.41) is 7.77. The van der Waals surface area contributed by atoms with Crippen molar-refractivity contribution in [2.75, 3.05) is 37.6 Å². The standard InChI is InChI=1S/C19H26N6O/c1-14-19(15(2)25(22-14)17-5-3-4-8-20-17)24-11-9-23(10-12-24)13-18(26)21-16-6-7-16/h3-5,8,16H,6-7,9-13H2,1-2H3,(H,21,26). The first-order valence-corrected chi connectivity index (χ1v) is 9.36. The molecule has 7 nitrogen and oxygen atoms in total. The SMILES string of the molecule is Cc1nn(-c2ccccn2)c(C)c1N1CCN(CC(=O)NC2CC2)CC1. The number of piperazine rings is 1. The van der Waals surface area contributed by atoms with Crippen LogP contribution in [-0.4, -0.2) is 64.3 Å². The van der Waals surface area contributed by atoms with E-state index in [9.17, 15) is 4.79 Å². The Balaban J connectivity index is 1.41. The maximum absolute atomic E-state index is 12.0. The number of nitrogens with zero attached hydrogens (tertiary/aromatic N) is 5. The molecule has 2 fully saturated rings. The van der Waals surface area contributed by atoms with Crippen LogP contribution in [0.2, 0.25) is 0 Å². The van der Waals surface area contributed by atoms with Crippen LogP contribution in [0.5, 0.6) is 0 Å². The van der Waals surface area contributed by atoms with Crippen molar-refractivity contribution in [3.63, 3.8) is 0 Å². The lowest BCUT2D eigenvalue weighted by Gasteiger charge is -2.35. The van der Waals surface area contributed by atoms with E-state index < -0.39 is 0 Å². The zero-order valence-corrected chi connectivity index (χ0v) is 15.5. The van der Waals surface area contributed by atoms with Gasteiger partial charge in [0.2, 0.25) is 5.91 Å². The lowest BCUT2D eigenvalue weighted by Crippen LogP contribution is -2.50. The third-order valence-corrected chi connectivity index (χ3v) is 5.12. The number of amides is 1. The van der Waals surface area contributed by atoms with Gasteiger partial charge in [-0.25, -0.2) is 9.67 Å². The number of carbonyl (C=O) groups excluding carboxylic acids is 1. The average Bonchev–Trinajstić information content (AvgIpc) is 3.40. The highest BCUT2D eigenvalue weighted by molar-refractivity contribution is 5.78. The highest BCUT2D eigenvalue weighted by Gasteiger charge is 2.27. The van der Waals surface area contributed by atoms with Gasteiger partial charge in [-0.2, -0.15) is 5.10 Å². The van der Waals surface area contributed by atoms with Gasteiger partial charge in [0.05, 0.1) is 23.6 Å². The van der Waals surface area contributed by atoms with Gasteiger partial charge < -0.3 is 10.2 Å². The molecule has 0 spiro atoms. The zero-order valence-electron chi connectivity index (χ0n) is 15.5. The van der Waals surface area contributed by atoms with E-state index in [0.717, 1.165) is 56.2 Å². The molecule has 0 radical (unpaired) electrons. The molecule has 0 aromatic carbocycles. The fourth-order valence-electron chi connectivity index (χ4n) is 3.63. The van der Waals surface area contributed by atoms with Crippen LogP contribution in [0.4, 0.5) is 5.69 Å². The summed E-state index contributed by atoms with van der Waals surface area (Å²) >= 11 is 0. The van der Waals surface area contributed by atoms with Crippen molar-refractivity contribution in [1.82, 2.24) is 25.0 Å². The molecule has 1 aliphatic carbocycles. The zero-order chi connectivity index (χ0) is 18.1. The highest BCUT2D eigenvalue weighted by Crippen LogP contribution is 2.27. The van der Waals surface area contributed by atoms with Crippen LogP contribution < -0.4 is 10.2 Å². The van der Waals surface area contributed by atoms with E-state index in [4.69, 9.17) is 5.10 Å². The van der Waals surface area contributed by atoms with Gasteiger partial charge in [0.15, 0.2) is 5.82 Å². The number of aryl methyl sites for hydroxylation is 1. The van der Waals surface area contributed by atoms with Crippen LogP contribution in [0, 0.1) is 13.8 Å². The van der Waals surface area contributed by atoms with E-state index in [1.807, 2.05) is 22.9 Å². The smallest absolute Gasteiger partial charge is 0.234 e. The molecule has 1 aliphatic heterocycles. The molecule has 1 saturated carbocycles. The van der Waals surface area contributed by atoms with E-state index in [1.54, 1.807) is 6.20 Å². The summed E-state index contributed by atoms with van der Waals surface area (Å²) in [7, 11) is 0. The Hall–Kier alpha value is -2.41. The molecule has 2 aromatic rings. The molecule has 1 N–H and O–H groups in total. The molecule has 0 unspecified atom stereocenters. The Morgan fingerprint density at radius 3 is 2.62 bits per heavy atom. The highest BCUT2D eigenvalue weighted by atomic mass is 16.2. The first kappa shape index (κ1) is 17.0. The predicted molar refractivity (Wildman–Crippen MR) is 101 cm³/mol. The van der Waals surface area contributed by atoms with Gasteiger partial charge in [-0.3, -0.25) is 9.69 Å². The molecule has 1 amide bonds. The van der Waals surface area contributed by atoms with Gasteiger partial charge in [0.1, 0.15) is 0 Å². The van der Waals surface area contributed by atoms with Crippen LogP contribution in [0.25, 0.3) is 5.82 Å². The molecule has 2 aliphatic rings. The van der Waals surface area contributed by atoms with Gasteiger partial charge in [-0.05, 0) is 38.8 Å². The number of aromatic nitrogens is 3. The van der Waals surface area contributed by atoms with E-state index in [1.165, 1.54) is 5.69 Å². The lowest BCUT2D eigenvalue weighted by atomic mass is 10.2. The number of hydrogen-bond acceptors (Lipinski definition) is 5. The van der Waals surface area contributed by atoms with Crippen LogP contribution in [-0.2, 0) is 4.79 Å². The number of pyridine rings is 1. The first-order valence-electron chi connectivity index (χ1n) is 9.36. The van der Waals surface area contributed by atoms with E-state index in [2.05, 4.69) is 33.9 Å². The Bertz CT molecular complexity index is 775. The molecule has 0 atom stereocenters. The minimum Gasteiger partial charge on any atom is -0.366 e. The number of nitrogens with one attached hydrogen (secondary N) is 1.